The van der Waals surface area contributed by atoms with E-state index in [-0.39, 0.29) is 6.10 Å². The van der Waals surface area contributed by atoms with E-state index in [1.807, 2.05) is 30.3 Å². The predicted molar refractivity (Wildman–Crippen MR) is 58.0 cm³/mol. The first-order valence-corrected chi connectivity index (χ1v) is 5.18. The minimum Gasteiger partial charge on any atom is -0.388 e. The molecule has 0 amide bonds. The Labute approximate surface area is 85.1 Å². The van der Waals surface area contributed by atoms with Crippen LogP contribution in [0.1, 0.15) is 18.4 Å². The molecule has 1 aliphatic rings. The summed E-state index contributed by atoms with van der Waals surface area (Å²) in [5, 5.41) is 9.88. The molecule has 0 aliphatic heterocycles. The van der Waals surface area contributed by atoms with Gasteiger partial charge in [0.15, 0.2) is 0 Å². The van der Waals surface area contributed by atoms with Crippen molar-refractivity contribution < 1.29 is 5.11 Å². The molecule has 0 aromatic heterocycles. The summed E-state index contributed by atoms with van der Waals surface area (Å²) >= 11 is 0. The summed E-state index contributed by atoms with van der Waals surface area (Å²) in [6.45, 7) is 3.96. The average Bonchev–Trinajstić information content (AvgIpc) is 3.01. The first-order chi connectivity index (χ1) is 6.77. The maximum Gasteiger partial charge on any atom is 0.0790 e. The first kappa shape index (κ1) is 9.47. The molecule has 2 rings (SSSR count). The lowest BCUT2D eigenvalue weighted by molar-refractivity contribution is 0.205. The molecule has 1 N–H and O–H groups in total. The van der Waals surface area contributed by atoms with Gasteiger partial charge in [-0.2, -0.15) is 0 Å². The summed E-state index contributed by atoms with van der Waals surface area (Å²) in [5.74, 6) is 0.591. The minimum atomic E-state index is -0.357. The third-order valence-electron chi connectivity index (χ3n) is 2.80. The second kappa shape index (κ2) is 3.97. The molecule has 0 radical (unpaired) electrons. The number of hydrogen-bond donors (Lipinski definition) is 1. The van der Waals surface area contributed by atoms with E-state index < -0.39 is 0 Å². The topological polar surface area (TPSA) is 20.2 Å². The van der Waals surface area contributed by atoms with Gasteiger partial charge in [-0.25, -0.2) is 0 Å². The van der Waals surface area contributed by atoms with Crippen molar-refractivity contribution in [2.75, 3.05) is 0 Å². The lowest BCUT2D eigenvalue weighted by atomic mass is 10.00. The maximum absolute atomic E-state index is 9.88. The summed E-state index contributed by atoms with van der Waals surface area (Å²) in [7, 11) is 0. The molecule has 1 aromatic rings. The quantitative estimate of drug-likeness (QED) is 0.720. The maximum atomic E-state index is 9.88. The SMILES string of the molecule is C=C(C(O)Cc1ccccc1)C1CC1. The van der Waals surface area contributed by atoms with Crippen LogP contribution < -0.4 is 0 Å². The average molecular weight is 188 g/mol. The van der Waals surface area contributed by atoms with E-state index in [2.05, 4.69) is 6.58 Å². The molecular weight excluding hydrogens is 172 g/mol. The largest absolute Gasteiger partial charge is 0.388 e. The molecule has 0 saturated heterocycles. The van der Waals surface area contributed by atoms with Crippen LogP contribution in [-0.4, -0.2) is 11.2 Å². The fourth-order valence-electron chi connectivity index (χ4n) is 1.69. The Balaban J connectivity index is 1.93. The normalized spacial score (nSPS) is 17.8. The first-order valence-electron chi connectivity index (χ1n) is 5.18. The zero-order valence-electron chi connectivity index (χ0n) is 8.32. The molecule has 1 fully saturated rings. The number of aliphatic hydroxyl groups is 1. The zero-order valence-corrected chi connectivity index (χ0v) is 8.32. The highest BCUT2D eigenvalue weighted by atomic mass is 16.3. The molecule has 1 atom stereocenters. The number of benzene rings is 1. The lowest BCUT2D eigenvalue weighted by Gasteiger charge is -2.12. The molecule has 1 unspecified atom stereocenters. The fourth-order valence-corrected chi connectivity index (χ4v) is 1.69. The van der Waals surface area contributed by atoms with E-state index >= 15 is 0 Å². The van der Waals surface area contributed by atoms with Crippen LogP contribution in [0.25, 0.3) is 0 Å². The van der Waals surface area contributed by atoms with Gasteiger partial charge in [0.2, 0.25) is 0 Å². The molecule has 1 aromatic carbocycles. The Morgan fingerprint density at radius 2 is 2.00 bits per heavy atom. The monoisotopic (exact) mass is 188 g/mol. The van der Waals surface area contributed by atoms with E-state index in [4.69, 9.17) is 0 Å². The molecule has 74 valence electrons. The highest BCUT2D eigenvalue weighted by molar-refractivity contribution is 5.20. The van der Waals surface area contributed by atoms with Crippen LogP contribution in [0.15, 0.2) is 42.5 Å². The molecule has 14 heavy (non-hydrogen) atoms. The van der Waals surface area contributed by atoms with Gasteiger partial charge in [-0.3, -0.25) is 0 Å². The van der Waals surface area contributed by atoms with Crippen LogP contribution in [0.4, 0.5) is 0 Å². The van der Waals surface area contributed by atoms with Gasteiger partial charge in [-0.05, 0) is 29.9 Å². The highest BCUT2D eigenvalue weighted by Crippen LogP contribution is 2.37. The summed E-state index contributed by atoms with van der Waals surface area (Å²) in [5.41, 5.74) is 2.20. The Morgan fingerprint density at radius 1 is 1.36 bits per heavy atom. The Morgan fingerprint density at radius 3 is 2.57 bits per heavy atom. The smallest absolute Gasteiger partial charge is 0.0790 e. The van der Waals surface area contributed by atoms with Crippen LogP contribution in [0.2, 0.25) is 0 Å². The van der Waals surface area contributed by atoms with Gasteiger partial charge in [-0.15, -0.1) is 0 Å². The summed E-state index contributed by atoms with van der Waals surface area (Å²) < 4.78 is 0. The van der Waals surface area contributed by atoms with Crippen LogP contribution in [0, 0.1) is 5.92 Å². The standard InChI is InChI=1S/C13H16O/c1-10(12-7-8-12)13(14)9-11-5-3-2-4-6-11/h2-6,12-14H,1,7-9H2. The van der Waals surface area contributed by atoms with Crippen LogP contribution >= 0.6 is 0 Å². The van der Waals surface area contributed by atoms with E-state index in [0.29, 0.717) is 12.3 Å². The van der Waals surface area contributed by atoms with Crippen molar-refractivity contribution in [1.82, 2.24) is 0 Å². The van der Waals surface area contributed by atoms with Gasteiger partial charge >= 0.3 is 0 Å². The van der Waals surface area contributed by atoms with Gasteiger partial charge in [0.25, 0.3) is 0 Å². The van der Waals surface area contributed by atoms with Gasteiger partial charge in [0.1, 0.15) is 0 Å². The van der Waals surface area contributed by atoms with Crippen molar-refractivity contribution in [2.24, 2.45) is 5.92 Å². The molecule has 1 heteroatoms. The van der Waals surface area contributed by atoms with Crippen molar-refractivity contribution in [3.63, 3.8) is 0 Å². The summed E-state index contributed by atoms with van der Waals surface area (Å²) in [4.78, 5) is 0. The number of rotatable bonds is 4. The lowest BCUT2D eigenvalue weighted by Crippen LogP contribution is -2.14. The van der Waals surface area contributed by atoms with E-state index in [0.717, 1.165) is 5.57 Å². The molecule has 0 heterocycles. The van der Waals surface area contributed by atoms with Crippen molar-refractivity contribution in [2.45, 2.75) is 25.4 Å². The van der Waals surface area contributed by atoms with Crippen molar-refractivity contribution in [3.8, 4) is 0 Å². The molecular formula is C13H16O. The van der Waals surface area contributed by atoms with E-state index in [1.54, 1.807) is 0 Å². The second-order valence-corrected chi connectivity index (χ2v) is 4.05. The summed E-state index contributed by atoms with van der Waals surface area (Å²) in [6, 6.07) is 10.1. The molecule has 1 aliphatic carbocycles. The molecule has 1 saturated carbocycles. The third-order valence-corrected chi connectivity index (χ3v) is 2.80. The van der Waals surface area contributed by atoms with Crippen molar-refractivity contribution in [3.05, 3.63) is 48.0 Å². The van der Waals surface area contributed by atoms with Crippen LogP contribution in [0.3, 0.4) is 0 Å². The molecule has 0 bridgehead atoms. The van der Waals surface area contributed by atoms with Gasteiger partial charge in [0, 0.05) is 6.42 Å². The minimum absolute atomic E-state index is 0.357. The highest BCUT2D eigenvalue weighted by Gasteiger charge is 2.28. The fraction of sp³-hybridized carbons (Fsp3) is 0.385. The predicted octanol–water partition coefficient (Wildman–Crippen LogP) is 2.56. The van der Waals surface area contributed by atoms with Crippen LogP contribution in [0.5, 0.6) is 0 Å². The van der Waals surface area contributed by atoms with E-state index in [9.17, 15) is 5.11 Å². The van der Waals surface area contributed by atoms with Crippen molar-refractivity contribution >= 4 is 0 Å². The number of aliphatic hydroxyl groups excluding tert-OH is 1. The summed E-state index contributed by atoms with van der Waals surface area (Å²) in [6.07, 6.45) is 2.77. The van der Waals surface area contributed by atoms with E-state index in [1.165, 1.54) is 18.4 Å². The third kappa shape index (κ3) is 2.24. The van der Waals surface area contributed by atoms with Crippen LogP contribution in [-0.2, 0) is 6.42 Å². The van der Waals surface area contributed by atoms with Gasteiger partial charge in [0.05, 0.1) is 6.10 Å². The molecule has 0 spiro atoms. The number of hydrogen-bond acceptors (Lipinski definition) is 1. The Bertz CT molecular complexity index is 311. The van der Waals surface area contributed by atoms with Gasteiger partial charge < -0.3 is 5.11 Å². The van der Waals surface area contributed by atoms with Crippen molar-refractivity contribution in [1.29, 1.82) is 0 Å². The molecule has 1 nitrogen and oxygen atoms in total. The second-order valence-electron chi connectivity index (χ2n) is 4.05. The van der Waals surface area contributed by atoms with Gasteiger partial charge in [-0.1, -0.05) is 36.9 Å². The zero-order chi connectivity index (χ0) is 9.97. The Kier molecular flexibility index (Phi) is 2.69. The Hall–Kier alpha value is -1.08.